The first-order valence-electron chi connectivity index (χ1n) is 10.9. The molecule has 0 atom stereocenters. The molecule has 0 saturated carbocycles. The van der Waals surface area contributed by atoms with Crippen molar-refractivity contribution in [2.45, 2.75) is 57.7 Å². The molecular formula is C21H27F6N5O4S. The van der Waals surface area contributed by atoms with Crippen LogP contribution in [-0.4, -0.2) is 85.8 Å². The second-order valence-corrected chi connectivity index (χ2v) is 10.2. The molecule has 2 aliphatic rings. The third kappa shape index (κ3) is 8.39. The van der Waals surface area contributed by atoms with Gasteiger partial charge in [-0.1, -0.05) is 0 Å². The van der Waals surface area contributed by atoms with Crippen LogP contribution in [0.25, 0.3) is 0 Å². The summed E-state index contributed by atoms with van der Waals surface area (Å²) in [5, 5.41) is 23.0. The number of aryl methyl sites for hydroxylation is 2. The predicted molar refractivity (Wildman–Crippen MR) is 120 cm³/mol. The number of carbonyl (C=O) groups is 2. The van der Waals surface area contributed by atoms with Crippen LogP contribution in [0.1, 0.15) is 34.2 Å². The molecule has 37 heavy (non-hydrogen) atoms. The molecule has 0 amide bonds. The molecule has 4 heterocycles. The van der Waals surface area contributed by atoms with Gasteiger partial charge in [-0.3, -0.25) is 9.80 Å². The van der Waals surface area contributed by atoms with Crippen LogP contribution < -0.4 is 0 Å². The van der Waals surface area contributed by atoms with Crippen LogP contribution in [0.5, 0.6) is 0 Å². The molecule has 208 valence electrons. The molecule has 2 aliphatic heterocycles. The zero-order valence-corrected chi connectivity index (χ0v) is 21.0. The first kappa shape index (κ1) is 30.5. The summed E-state index contributed by atoms with van der Waals surface area (Å²) in [7, 11) is 2.20. The minimum atomic E-state index is -5.08. The van der Waals surface area contributed by atoms with Crippen LogP contribution in [0.3, 0.4) is 0 Å². The van der Waals surface area contributed by atoms with Crippen molar-refractivity contribution >= 4 is 23.3 Å². The molecule has 16 heteroatoms. The number of nitrogens with zero attached hydrogens (tertiary/aromatic N) is 5. The van der Waals surface area contributed by atoms with Gasteiger partial charge in [-0.25, -0.2) is 9.59 Å². The molecule has 0 radical (unpaired) electrons. The Morgan fingerprint density at radius 2 is 1.51 bits per heavy atom. The second kappa shape index (κ2) is 11.8. The number of likely N-dealkylation sites (tertiary alicyclic amines) is 1. The molecule has 2 aromatic heterocycles. The standard InChI is InChI=1S/C17H25N5S.2C2HF3O2/c1-13-4-5-15(23-13)10-21-8-6-17(7-9-21)12-20(3)11-16-19-18-14(2)22(16)17;2*3-2(4,5)1(6)7/h4-5H,6-12H2,1-3H3;2*(H,6,7). The average molecular weight is 560 g/mol. The van der Waals surface area contributed by atoms with E-state index in [1.807, 2.05) is 11.3 Å². The highest BCUT2D eigenvalue weighted by atomic mass is 32.1. The lowest BCUT2D eigenvalue weighted by atomic mass is 9.84. The highest BCUT2D eigenvalue weighted by Gasteiger charge is 2.43. The van der Waals surface area contributed by atoms with Crippen LogP contribution in [0.4, 0.5) is 26.3 Å². The van der Waals surface area contributed by atoms with E-state index in [0.29, 0.717) is 0 Å². The fourth-order valence-electron chi connectivity index (χ4n) is 4.30. The highest BCUT2D eigenvalue weighted by Crippen LogP contribution is 2.36. The molecular weight excluding hydrogens is 532 g/mol. The summed E-state index contributed by atoms with van der Waals surface area (Å²) in [6.45, 7) is 9.73. The van der Waals surface area contributed by atoms with Gasteiger partial charge in [-0.05, 0) is 45.9 Å². The van der Waals surface area contributed by atoms with Gasteiger partial charge in [-0.2, -0.15) is 26.3 Å². The summed E-state index contributed by atoms with van der Waals surface area (Å²) < 4.78 is 65.9. The number of aromatic nitrogens is 3. The lowest BCUT2D eigenvalue weighted by Gasteiger charge is -2.48. The van der Waals surface area contributed by atoms with Crippen LogP contribution in [0.15, 0.2) is 12.1 Å². The summed E-state index contributed by atoms with van der Waals surface area (Å²) in [6, 6.07) is 4.51. The Labute approximate surface area is 212 Å². The number of hydrogen-bond donors (Lipinski definition) is 2. The number of carboxylic acids is 2. The number of aliphatic carboxylic acids is 2. The monoisotopic (exact) mass is 559 g/mol. The summed E-state index contributed by atoms with van der Waals surface area (Å²) in [5.41, 5.74) is 0.192. The van der Waals surface area contributed by atoms with E-state index in [-0.39, 0.29) is 5.54 Å². The Bertz CT molecular complexity index is 1050. The first-order valence-corrected chi connectivity index (χ1v) is 11.7. The molecule has 2 N–H and O–H groups in total. The molecule has 0 aromatic carbocycles. The van der Waals surface area contributed by atoms with Crippen molar-refractivity contribution in [1.29, 1.82) is 0 Å². The van der Waals surface area contributed by atoms with Crippen molar-refractivity contribution in [3.63, 3.8) is 0 Å². The second-order valence-electron chi connectivity index (χ2n) is 8.79. The van der Waals surface area contributed by atoms with Gasteiger partial charge in [0.25, 0.3) is 0 Å². The predicted octanol–water partition coefficient (Wildman–Crippen LogP) is 3.66. The van der Waals surface area contributed by atoms with Gasteiger partial charge in [0.05, 0.1) is 12.1 Å². The third-order valence-corrected chi connectivity index (χ3v) is 6.77. The molecule has 0 unspecified atom stereocenters. The van der Waals surface area contributed by atoms with E-state index < -0.39 is 24.3 Å². The van der Waals surface area contributed by atoms with E-state index in [1.54, 1.807) is 0 Å². The zero-order valence-electron chi connectivity index (χ0n) is 20.2. The van der Waals surface area contributed by atoms with Crippen molar-refractivity contribution in [1.82, 2.24) is 24.6 Å². The molecule has 1 spiro atoms. The molecule has 1 saturated heterocycles. The summed E-state index contributed by atoms with van der Waals surface area (Å²) in [6.07, 6.45) is -7.79. The van der Waals surface area contributed by atoms with Crippen LogP contribution in [-0.2, 0) is 28.2 Å². The maximum absolute atomic E-state index is 10.6. The topological polar surface area (TPSA) is 112 Å². The Morgan fingerprint density at radius 1 is 1.00 bits per heavy atom. The van der Waals surface area contributed by atoms with Crippen molar-refractivity contribution in [2.24, 2.45) is 0 Å². The van der Waals surface area contributed by atoms with Gasteiger partial charge in [0.2, 0.25) is 0 Å². The molecule has 9 nitrogen and oxygen atoms in total. The summed E-state index contributed by atoms with van der Waals surface area (Å²) >= 11 is 1.93. The van der Waals surface area contributed by atoms with Crippen molar-refractivity contribution in [3.8, 4) is 0 Å². The Kier molecular flexibility index (Phi) is 9.70. The summed E-state index contributed by atoms with van der Waals surface area (Å²) in [4.78, 5) is 25.7. The zero-order chi connectivity index (χ0) is 28.2. The number of halogens is 6. The van der Waals surface area contributed by atoms with E-state index >= 15 is 0 Å². The fourth-order valence-corrected chi connectivity index (χ4v) is 5.23. The maximum atomic E-state index is 10.6. The molecule has 1 fully saturated rings. The highest BCUT2D eigenvalue weighted by molar-refractivity contribution is 7.11. The normalized spacial score (nSPS) is 17.8. The number of fused-ring (bicyclic) bond motifs is 2. The van der Waals surface area contributed by atoms with E-state index in [4.69, 9.17) is 19.8 Å². The lowest BCUT2D eigenvalue weighted by Crippen LogP contribution is -2.55. The number of carboxylic acid groups (broad SMARTS) is 2. The Hall–Kier alpha value is -2.72. The first-order chi connectivity index (χ1) is 16.9. The lowest BCUT2D eigenvalue weighted by molar-refractivity contribution is -0.193. The molecule has 0 aliphatic carbocycles. The van der Waals surface area contributed by atoms with Crippen LogP contribution in [0, 0.1) is 13.8 Å². The SMILES string of the molecule is Cc1ccc(CN2CCC3(CC2)CN(C)Cc2nnc(C)n23)s1.O=C(O)C(F)(F)F.O=C(O)C(F)(F)F. The van der Waals surface area contributed by atoms with Gasteiger partial charge in [0.15, 0.2) is 0 Å². The van der Waals surface area contributed by atoms with Crippen LogP contribution >= 0.6 is 11.3 Å². The van der Waals surface area contributed by atoms with Gasteiger partial charge in [0.1, 0.15) is 11.6 Å². The smallest absolute Gasteiger partial charge is 0.475 e. The van der Waals surface area contributed by atoms with Crippen molar-refractivity contribution in [2.75, 3.05) is 26.7 Å². The largest absolute Gasteiger partial charge is 0.490 e. The summed E-state index contributed by atoms with van der Waals surface area (Å²) in [5.74, 6) is -3.30. The molecule has 0 bridgehead atoms. The Morgan fingerprint density at radius 3 is 1.95 bits per heavy atom. The number of rotatable bonds is 2. The third-order valence-electron chi connectivity index (χ3n) is 5.79. The minimum absolute atomic E-state index is 0.192. The van der Waals surface area contributed by atoms with Crippen molar-refractivity contribution in [3.05, 3.63) is 33.5 Å². The van der Waals surface area contributed by atoms with Crippen molar-refractivity contribution < 1.29 is 46.1 Å². The number of thiophene rings is 1. The number of hydrogen-bond acceptors (Lipinski definition) is 7. The van der Waals surface area contributed by atoms with E-state index in [9.17, 15) is 26.3 Å². The van der Waals surface area contributed by atoms with Gasteiger partial charge < -0.3 is 14.8 Å². The quantitative estimate of drug-likeness (QED) is 0.537. The van der Waals surface area contributed by atoms with E-state index in [0.717, 1.165) is 44.4 Å². The molecule has 2 aromatic rings. The number of alkyl halides is 6. The fraction of sp³-hybridized carbons (Fsp3) is 0.619. The molecule has 4 rings (SSSR count). The minimum Gasteiger partial charge on any atom is -0.475 e. The maximum Gasteiger partial charge on any atom is 0.490 e. The van der Waals surface area contributed by atoms with Gasteiger partial charge >= 0.3 is 24.3 Å². The van der Waals surface area contributed by atoms with E-state index in [1.165, 1.54) is 22.6 Å². The van der Waals surface area contributed by atoms with Gasteiger partial charge in [-0.15, -0.1) is 21.5 Å². The number of likely N-dealkylation sites (N-methyl/N-ethyl adjacent to an activating group) is 1. The van der Waals surface area contributed by atoms with Gasteiger partial charge in [0, 0.05) is 35.9 Å². The van der Waals surface area contributed by atoms with Crippen LogP contribution in [0.2, 0.25) is 0 Å². The Balaban J connectivity index is 0.000000286. The number of piperidine rings is 1. The van der Waals surface area contributed by atoms with E-state index in [2.05, 4.69) is 57.6 Å². The average Bonchev–Trinajstić information content (AvgIpc) is 3.34.